The van der Waals surface area contributed by atoms with E-state index in [1.807, 2.05) is 6.92 Å². The number of carboxylic acids is 1. The third-order valence-electron chi connectivity index (χ3n) is 3.93. The molecule has 0 saturated heterocycles. The first-order valence-corrected chi connectivity index (χ1v) is 7.11. The normalized spacial score (nSPS) is 26.9. The van der Waals surface area contributed by atoms with Crippen LogP contribution in [-0.2, 0) is 14.3 Å². The molecule has 0 spiro atoms. The Kier molecular flexibility index (Phi) is 6.28. The van der Waals surface area contributed by atoms with E-state index in [0.29, 0.717) is 32.5 Å². The molecule has 0 bridgehead atoms. The van der Waals surface area contributed by atoms with Gasteiger partial charge in [0.15, 0.2) is 0 Å². The van der Waals surface area contributed by atoms with Crippen LogP contribution in [0.4, 0.5) is 0 Å². The lowest BCUT2D eigenvalue weighted by Gasteiger charge is -2.38. The summed E-state index contributed by atoms with van der Waals surface area (Å²) in [6.45, 7) is 4.88. The Labute approximate surface area is 114 Å². The zero-order valence-electron chi connectivity index (χ0n) is 11.9. The van der Waals surface area contributed by atoms with E-state index < -0.39 is 11.4 Å². The van der Waals surface area contributed by atoms with Crippen LogP contribution >= 0.6 is 0 Å². The van der Waals surface area contributed by atoms with Gasteiger partial charge in [-0.25, -0.2) is 0 Å². The lowest BCUT2D eigenvalue weighted by Crippen LogP contribution is -2.52. The number of hydrogen-bond donors (Lipinski definition) is 2. The van der Waals surface area contributed by atoms with Gasteiger partial charge in [0, 0.05) is 25.7 Å². The first-order chi connectivity index (χ1) is 9.00. The van der Waals surface area contributed by atoms with Gasteiger partial charge in [-0.05, 0) is 33.1 Å². The highest BCUT2D eigenvalue weighted by molar-refractivity contribution is 5.79. The lowest BCUT2D eigenvalue weighted by atomic mass is 9.71. The van der Waals surface area contributed by atoms with Crippen LogP contribution in [0.2, 0.25) is 0 Å². The SMILES string of the molecule is CCOCCCC(=O)NC1CCCCC1(C)C(=O)O. The van der Waals surface area contributed by atoms with Crippen molar-refractivity contribution in [1.29, 1.82) is 0 Å². The molecular weight excluding hydrogens is 246 g/mol. The van der Waals surface area contributed by atoms with Crippen molar-refractivity contribution in [3.8, 4) is 0 Å². The quantitative estimate of drug-likeness (QED) is 0.694. The van der Waals surface area contributed by atoms with Gasteiger partial charge in [0.2, 0.25) is 5.91 Å². The van der Waals surface area contributed by atoms with Crippen LogP contribution in [0.1, 0.15) is 52.4 Å². The molecular formula is C14H25NO4. The molecule has 0 radical (unpaired) electrons. The number of hydrogen-bond acceptors (Lipinski definition) is 3. The first kappa shape index (κ1) is 16.0. The summed E-state index contributed by atoms with van der Waals surface area (Å²) in [6.07, 6.45) is 4.35. The molecule has 0 aromatic heterocycles. The molecule has 110 valence electrons. The van der Waals surface area contributed by atoms with E-state index in [-0.39, 0.29) is 11.9 Å². The summed E-state index contributed by atoms with van der Waals surface area (Å²) in [6, 6.07) is -0.252. The second kappa shape index (κ2) is 7.48. The Morgan fingerprint density at radius 1 is 1.42 bits per heavy atom. The molecule has 1 aliphatic rings. The van der Waals surface area contributed by atoms with Crippen molar-refractivity contribution in [1.82, 2.24) is 5.32 Å². The summed E-state index contributed by atoms with van der Waals surface area (Å²) in [4.78, 5) is 23.2. The van der Waals surface area contributed by atoms with E-state index in [4.69, 9.17) is 4.74 Å². The van der Waals surface area contributed by atoms with Crippen molar-refractivity contribution in [2.24, 2.45) is 5.41 Å². The van der Waals surface area contributed by atoms with Gasteiger partial charge in [-0.3, -0.25) is 9.59 Å². The van der Waals surface area contributed by atoms with Crippen molar-refractivity contribution < 1.29 is 19.4 Å². The minimum atomic E-state index is -0.826. The molecule has 1 aliphatic carbocycles. The molecule has 2 unspecified atom stereocenters. The van der Waals surface area contributed by atoms with Crippen LogP contribution in [0.15, 0.2) is 0 Å². The minimum Gasteiger partial charge on any atom is -0.481 e. The van der Waals surface area contributed by atoms with Gasteiger partial charge in [0.1, 0.15) is 0 Å². The molecule has 5 nitrogen and oxygen atoms in total. The Morgan fingerprint density at radius 3 is 2.79 bits per heavy atom. The zero-order chi connectivity index (χ0) is 14.3. The Balaban J connectivity index is 2.44. The third kappa shape index (κ3) is 4.49. The lowest BCUT2D eigenvalue weighted by molar-refractivity contribution is -0.152. The van der Waals surface area contributed by atoms with Gasteiger partial charge in [-0.15, -0.1) is 0 Å². The molecule has 0 aromatic carbocycles. The highest BCUT2D eigenvalue weighted by Gasteiger charge is 2.43. The number of aliphatic carboxylic acids is 1. The minimum absolute atomic E-state index is 0.0703. The van der Waals surface area contributed by atoms with Gasteiger partial charge in [0.05, 0.1) is 5.41 Å². The highest BCUT2D eigenvalue weighted by atomic mass is 16.5. The fourth-order valence-electron chi connectivity index (χ4n) is 2.57. The molecule has 1 saturated carbocycles. The fourth-order valence-corrected chi connectivity index (χ4v) is 2.57. The van der Waals surface area contributed by atoms with Crippen molar-refractivity contribution >= 4 is 11.9 Å². The van der Waals surface area contributed by atoms with Gasteiger partial charge in [0.25, 0.3) is 0 Å². The van der Waals surface area contributed by atoms with E-state index in [2.05, 4.69) is 5.32 Å². The molecule has 1 fully saturated rings. The largest absolute Gasteiger partial charge is 0.481 e. The number of carbonyl (C=O) groups excluding carboxylic acids is 1. The first-order valence-electron chi connectivity index (χ1n) is 7.11. The number of carbonyl (C=O) groups is 2. The average molecular weight is 271 g/mol. The van der Waals surface area contributed by atoms with Gasteiger partial charge < -0.3 is 15.2 Å². The summed E-state index contributed by atoms with van der Waals surface area (Å²) >= 11 is 0. The zero-order valence-corrected chi connectivity index (χ0v) is 11.9. The maximum atomic E-state index is 11.8. The van der Waals surface area contributed by atoms with Gasteiger partial charge >= 0.3 is 5.97 Å². The molecule has 0 heterocycles. The molecule has 2 N–H and O–H groups in total. The summed E-state index contributed by atoms with van der Waals surface area (Å²) < 4.78 is 5.18. The predicted molar refractivity (Wildman–Crippen MR) is 71.9 cm³/mol. The Bertz CT molecular complexity index is 319. The maximum Gasteiger partial charge on any atom is 0.311 e. The van der Waals surface area contributed by atoms with E-state index >= 15 is 0 Å². The van der Waals surface area contributed by atoms with Crippen molar-refractivity contribution in [2.45, 2.75) is 58.4 Å². The second-order valence-electron chi connectivity index (χ2n) is 5.39. The van der Waals surface area contributed by atoms with E-state index in [1.54, 1.807) is 6.92 Å². The molecule has 5 heteroatoms. The Morgan fingerprint density at radius 2 is 2.16 bits per heavy atom. The van der Waals surface area contributed by atoms with Crippen LogP contribution in [0.25, 0.3) is 0 Å². The summed E-state index contributed by atoms with van der Waals surface area (Å²) in [7, 11) is 0. The van der Waals surface area contributed by atoms with E-state index in [1.165, 1.54) is 0 Å². The number of carboxylic acid groups (broad SMARTS) is 1. The van der Waals surface area contributed by atoms with Gasteiger partial charge in [-0.2, -0.15) is 0 Å². The molecule has 0 aromatic rings. The van der Waals surface area contributed by atoms with Crippen LogP contribution in [-0.4, -0.2) is 36.2 Å². The van der Waals surface area contributed by atoms with E-state index in [0.717, 1.165) is 19.3 Å². The second-order valence-corrected chi connectivity index (χ2v) is 5.39. The predicted octanol–water partition coefficient (Wildman–Crippen LogP) is 1.95. The van der Waals surface area contributed by atoms with E-state index in [9.17, 15) is 14.7 Å². The van der Waals surface area contributed by atoms with Crippen molar-refractivity contribution in [2.75, 3.05) is 13.2 Å². The highest BCUT2D eigenvalue weighted by Crippen LogP contribution is 2.36. The molecule has 19 heavy (non-hydrogen) atoms. The molecule has 1 rings (SSSR count). The van der Waals surface area contributed by atoms with Crippen molar-refractivity contribution in [3.63, 3.8) is 0 Å². The molecule has 1 amide bonds. The maximum absolute atomic E-state index is 11.8. The van der Waals surface area contributed by atoms with Crippen LogP contribution in [0.5, 0.6) is 0 Å². The monoisotopic (exact) mass is 271 g/mol. The molecule has 0 aliphatic heterocycles. The molecule has 2 atom stereocenters. The number of ether oxygens (including phenoxy) is 1. The number of rotatable bonds is 7. The topological polar surface area (TPSA) is 75.6 Å². The number of amides is 1. The van der Waals surface area contributed by atoms with Crippen molar-refractivity contribution in [3.05, 3.63) is 0 Å². The van der Waals surface area contributed by atoms with Crippen LogP contribution in [0, 0.1) is 5.41 Å². The Hall–Kier alpha value is -1.10. The third-order valence-corrected chi connectivity index (χ3v) is 3.93. The average Bonchev–Trinajstić information content (AvgIpc) is 2.37. The number of nitrogens with one attached hydrogen (secondary N) is 1. The summed E-state index contributed by atoms with van der Waals surface area (Å²) in [5.41, 5.74) is -0.826. The smallest absolute Gasteiger partial charge is 0.311 e. The van der Waals surface area contributed by atoms with Crippen LogP contribution < -0.4 is 5.32 Å². The summed E-state index contributed by atoms with van der Waals surface area (Å²) in [5.74, 6) is -0.883. The summed E-state index contributed by atoms with van der Waals surface area (Å²) in [5, 5.41) is 12.2. The standard InChI is InChI=1S/C14H25NO4/c1-3-19-10-6-8-12(16)15-11-7-4-5-9-14(11,2)13(17)18/h11H,3-10H2,1-2H3,(H,15,16)(H,17,18). The van der Waals surface area contributed by atoms with Crippen LogP contribution in [0.3, 0.4) is 0 Å². The fraction of sp³-hybridized carbons (Fsp3) is 0.857. The van der Waals surface area contributed by atoms with Gasteiger partial charge in [-0.1, -0.05) is 12.8 Å².